The second-order valence-corrected chi connectivity index (χ2v) is 28.8. The first-order chi connectivity index (χ1) is 42.1. The molecule has 0 radical (unpaired) electrons. The lowest BCUT2D eigenvalue weighted by Crippen LogP contribution is -2.44. The van der Waals surface area contributed by atoms with E-state index in [1.54, 1.807) is 39.6 Å². The van der Waals surface area contributed by atoms with E-state index >= 15 is 0 Å². The van der Waals surface area contributed by atoms with E-state index < -0.39 is 5.97 Å². The van der Waals surface area contributed by atoms with Gasteiger partial charge in [0.2, 0.25) is 23.6 Å². The van der Waals surface area contributed by atoms with Gasteiger partial charge in [-0.25, -0.2) is 9.59 Å². The van der Waals surface area contributed by atoms with E-state index in [0.29, 0.717) is 117 Å². The summed E-state index contributed by atoms with van der Waals surface area (Å²) in [7, 11) is 1.78. The third-order valence-electron chi connectivity index (χ3n) is 22.5. The average molecular weight is 1250 g/mol. The minimum atomic E-state index is -0.677. The van der Waals surface area contributed by atoms with Crippen molar-refractivity contribution in [2.45, 2.75) is 204 Å². The Labute approximate surface area is 533 Å². The third-order valence-corrected chi connectivity index (χ3v) is 23.1. The fourth-order valence-electron chi connectivity index (χ4n) is 17.9. The second kappa shape index (κ2) is 30.9. The number of fused-ring (bicyclic) bond motifs is 12. The Morgan fingerprint density at radius 3 is 1.57 bits per heavy atom. The smallest absolute Gasteiger partial charge is 0.333 e. The van der Waals surface area contributed by atoms with Crippen molar-refractivity contribution in [3.8, 4) is 6.07 Å². The van der Waals surface area contributed by atoms with Gasteiger partial charge < -0.3 is 45.9 Å². The Kier molecular flexibility index (Phi) is 24.5. The number of amides is 4. The third kappa shape index (κ3) is 17.0. The van der Waals surface area contributed by atoms with Crippen molar-refractivity contribution in [1.29, 1.82) is 5.26 Å². The molecule has 0 aromatic rings. The van der Waals surface area contributed by atoms with Gasteiger partial charge in [-0.3, -0.25) is 28.8 Å². The first kappa shape index (κ1) is 70.6. The summed E-state index contributed by atoms with van der Waals surface area (Å²) in [5, 5.41) is 33.7. The van der Waals surface area contributed by atoms with Gasteiger partial charge in [-0.2, -0.15) is 5.26 Å². The Balaban J connectivity index is 0.000000153. The molecule has 0 heterocycles. The highest BCUT2D eigenvalue weighted by molar-refractivity contribution is 6.21. The van der Waals surface area contributed by atoms with E-state index in [1.165, 1.54) is 31.1 Å². The van der Waals surface area contributed by atoms with E-state index in [1.807, 2.05) is 11.8 Å². The van der Waals surface area contributed by atoms with Crippen LogP contribution in [0.25, 0.3) is 0 Å². The van der Waals surface area contributed by atoms with Gasteiger partial charge >= 0.3 is 17.9 Å². The number of nitrogens with zero attached hydrogens (tertiary/aromatic N) is 3. The summed E-state index contributed by atoms with van der Waals surface area (Å²) in [4.78, 5) is 94.5. The van der Waals surface area contributed by atoms with E-state index in [4.69, 9.17) is 37.2 Å². The van der Waals surface area contributed by atoms with Crippen LogP contribution in [0.2, 0.25) is 0 Å². The van der Waals surface area contributed by atoms with Gasteiger partial charge in [-0.05, 0) is 233 Å². The van der Waals surface area contributed by atoms with Gasteiger partial charge in [0.05, 0.1) is 18.1 Å². The molecular weight excluding hydrogens is 1150 g/mol. The standard InChI is InChI=1S/C15H23NO2.C12H17NO3.C12H15NO2.C11H18N2O.C10H14ClNO.C10H14O3/c1-5-16(15(18)9(2)3)14-8-11-6-12(14)7-13(11)10(4)17;1-3-11(14)13(2)10-6-7-4-8(10)5-9(7)12(15)16;1-7(2)12(14)15-11-5-8-3-9(11)4-10(8)6-13;1-6(2)11(14)13-10-5-7-3-8(10)4-9(7)12;1-2-10(13)12-9-5-6-3-7(9)4-8(6)11;1-2-10(12)13-9-5-6-3-7(9)4-8(6)11/h11-14H,2,5-8H2,1,3-4H3;3,7-10H,1,4-6H2,2H3,(H,15,16);8-11H,1,3-5H2,2H3;7-10H,1,3-5,12H2,2H3,(H,13,14);2,6-9H,1,3-5H2,(H,12,13);2,6-9,11H,1,3-5H2. The number of carbonyl (C=O) groups excluding carboxylic acids is 7. The number of halogens is 1. The van der Waals surface area contributed by atoms with Gasteiger partial charge in [-0.15, -0.1) is 11.6 Å². The highest BCUT2D eigenvalue weighted by Gasteiger charge is 2.53. The highest BCUT2D eigenvalue weighted by atomic mass is 35.5. The summed E-state index contributed by atoms with van der Waals surface area (Å²) in [6, 6.07) is 3.96. The molecule has 12 fully saturated rings. The number of likely N-dealkylation sites (N-methyl/N-ethyl adjacent to an activating group) is 2. The Hall–Kier alpha value is -5.90. The largest absolute Gasteiger partial charge is 0.481 e. The van der Waals surface area contributed by atoms with Crippen LogP contribution in [-0.2, 0) is 47.8 Å². The van der Waals surface area contributed by atoms with Crippen molar-refractivity contribution in [3.63, 3.8) is 0 Å². The SMILES string of the molecule is C=C(C)C(=O)N(CC)C1CC2CC1CC2C(C)=O.C=C(C)C(=O)NC1CC2CC1CC2N.C=C(C)C(=O)OC1CC2CC1CC2C#N.C=CC(=O)N(C)C1CC2CC1CC2C(=O)O.C=CC(=O)NC1CC2CC1CC2Cl.C=CC(=O)OC1CC2CC1CC2O. The number of ketones is 1. The summed E-state index contributed by atoms with van der Waals surface area (Å²) in [5.74, 6) is 4.94. The number of nitriles is 1. The van der Waals surface area contributed by atoms with Crippen molar-refractivity contribution in [2.24, 2.45) is 94.5 Å². The quantitative estimate of drug-likeness (QED) is 0.0582. The molecule has 24 unspecified atom stereocenters. The minimum Gasteiger partial charge on any atom is -0.481 e. The molecule has 0 saturated heterocycles. The molecule has 12 aliphatic rings. The topological polar surface area (TPSA) is 276 Å². The number of aliphatic hydroxyl groups excluding tert-OH is 1. The number of hydrogen-bond donors (Lipinski definition) is 5. The van der Waals surface area contributed by atoms with E-state index in [2.05, 4.69) is 56.2 Å². The predicted molar refractivity (Wildman–Crippen MR) is 339 cm³/mol. The fraction of sp³-hybridized carbons (Fsp3) is 0.700. The van der Waals surface area contributed by atoms with Crippen LogP contribution >= 0.6 is 11.6 Å². The maximum absolute atomic E-state index is 12.1. The molecule has 12 bridgehead atoms. The van der Waals surface area contributed by atoms with Gasteiger partial charge in [0.25, 0.3) is 0 Å². The number of nitrogens with one attached hydrogen (secondary N) is 2. The molecule has 12 saturated carbocycles. The van der Waals surface area contributed by atoms with Crippen LogP contribution in [0.5, 0.6) is 0 Å². The summed E-state index contributed by atoms with van der Waals surface area (Å²) < 4.78 is 10.5. The lowest BCUT2D eigenvalue weighted by molar-refractivity contribution is -0.147. The number of aliphatic carboxylic acids is 1. The number of aliphatic hydroxyl groups is 1. The fourth-order valence-corrected chi connectivity index (χ4v) is 18.4. The molecule has 12 rings (SSSR count). The van der Waals surface area contributed by atoms with Crippen LogP contribution in [0.4, 0.5) is 0 Å². The zero-order valence-corrected chi connectivity index (χ0v) is 54.3. The Morgan fingerprint density at radius 2 is 1.15 bits per heavy atom. The number of carboxylic acids is 1. The number of carboxylic acid groups (broad SMARTS) is 1. The number of esters is 2. The van der Waals surface area contributed by atoms with Crippen LogP contribution < -0.4 is 16.4 Å². The molecule has 490 valence electrons. The molecule has 0 aromatic carbocycles. The van der Waals surface area contributed by atoms with E-state index in [-0.39, 0.29) is 83.6 Å². The molecule has 24 atom stereocenters. The summed E-state index contributed by atoms with van der Waals surface area (Å²) in [5.41, 5.74) is 7.60. The van der Waals surface area contributed by atoms with Crippen LogP contribution in [0, 0.1) is 100 Å². The molecule has 89 heavy (non-hydrogen) atoms. The summed E-state index contributed by atoms with van der Waals surface area (Å²) in [6.07, 6.45) is 21.4. The zero-order valence-electron chi connectivity index (χ0n) is 53.5. The molecule has 0 aliphatic heterocycles. The average Bonchev–Trinajstić information content (AvgIpc) is 2.05. The van der Waals surface area contributed by atoms with Crippen LogP contribution in [0.1, 0.15) is 150 Å². The normalized spacial score (nSPS) is 38.1. The number of Topliss-reactive ketones (excluding diaryl/α,β-unsaturated/α-hetero) is 1. The molecular formula is C70H101ClN6O12. The first-order valence-electron chi connectivity index (χ1n) is 32.7. The van der Waals surface area contributed by atoms with Gasteiger partial charge in [0.1, 0.15) is 18.0 Å². The van der Waals surface area contributed by atoms with Crippen molar-refractivity contribution in [3.05, 3.63) is 74.4 Å². The van der Waals surface area contributed by atoms with Crippen LogP contribution in [-0.4, -0.2) is 135 Å². The van der Waals surface area contributed by atoms with Gasteiger partial charge in [0, 0.05) is 83.8 Å². The highest BCUT2D eigenvalue weighted by Crippen LogP contribution is 2.53. The maximum atomic E-state index is 12.1. The molecule has 18 nitrogen and oxygen atoms in total. The Morgan fingerprint density at radius 1 is 0.596 bits per heavy atom. The van der Waals surface area contributed by atoms with Gasteiger partial charge in [-0.1, -0.05) is 39.5 Å². The molecule has 12 aliphatic carbocycles. The van der Waals surface area contributed by atoms with Crippen molar-refractivity contribution in [2.75, 3.05) is 13.6 Å². The number of rotatable bonds is 15. The molecule has 6 N–H and O–H groups in total. The van der Waals surface area contributed by atoms with Crippen LogP contribution in [0.3, 0.4) is 0 Å². The number of ether oxygens (including phenoxy) is 2. The summed E-state index contributed by atoms with van der Waals surface area (Å²) >= 11 is 6.11. The maximum Gasteiger partial charge on any atom is 0.333 e. The minimum absolute atomic E-state index is 0.00359. The summed E-state index contributed by atoms with van der Waals surface area (Å²) in [6.45, 7) is 30.9. The van der Waals surface area contributed by atoms with Crippen molar-refractivity contribution >= 4 is 58.9 Å². The Bertz CT molecular complexity index is 2710. The predicted octanol–water partition coefficient (Wildman–Crippen LogP) is 8.96. The number of nitrogens with two attached hydrogens (primary N) is 1. The number of carbonyl (C=O) groups is 8. The molecule has 19 heteroatoms. The first-order valence-corrected chi connectivity index (χ1v) is 33.2. The lowest BCUT2D eigenvalue weighted by atomic mass is 9.83. The monoisotopic (exact) mass is 1250 g/mol. The van der Waals surface area contributed by atoms with Crippen molar-refractivity contribution in [1.82, 2.24) is 20.4 Å². The van der Waals surface area contributed by atoms with Crippen LogP contribution in [0.15, 0.2) is 74.4 Å². The molecule has 0 aromatic heterocycles. The molecule has 4 amide bonds. The molecule has 0 spiro atoms. The number of alkyl halides is 1. The second-order valence-electron chi connectivity index (χ2n) is 28.3. The van der Waals surface area contributed by atoms with E-state index in [9.17, 15) is 43.5 Å². The lowest BCUT2D eigenvalue weighted by Gasteiger charge is -2.35. The van der Waals surface area contributed by atoms with Crippen molar-refractivity contribution < 1.29 is 58.0 Å². The van der Waals surface area contributed by atoms with Gasteiger partial charge in [0.15, 0.2) is 0 Å². The number of hydrogen-bond acceptors (Lipinski definition) is 13. The van der Waals surface area contributed by atoms with E-state index in [0.717, 1.165) is 109 Å². The zero-order chi connectivity index (χ0) is 65.5.